The van der Waals surface area contributed by atoms with Crippen molar-refractivity contribution in [3.63, 3.8) is 0 Å². The largest absolute Gasteiger partial charge is 0.506 e. The number of halogens is 1. The number of hydrogen-bond acceptors (Lipinski definition) is 5. The Morgan fingerprint density at radius 1 is 1.07 bits per heavy atom. The zero-order valence-corrected chi connectivity index (χ0v) is 16.9. The molecule has 3 aromatic rings. The predicted octanol–water partition coefficient (Wildman–Crippen LogP) is 5.37. The van der Waals surface area contributed by atoms with E-state index in [1.807, 2.05) is 31.2 Å². The number of nitrogens with one attached hydrogen (secondary N) is 1. The summed E-state index contributed by atoms with van der Waals surface area (Å²) in [6, 6.07) is 17.0. The second-order valence-corrected chi connectivity index (χ2v) is 8.67. The average Bonchev–Trinajstić information content (AvgIpc) is 2.67. The van der Waals surface area contributed by atoms with Gasteiger partial charge in [-0.25, -0.2) is 8.42 Å². The first-order chi connectivity index (χ1) is 12.9. The summed E-state index contributed by atoms with van der Waals surface area (Å²) in [5.41, 5.74) is 0.707. The van der Waals surface area contributed by atoms with Crippen molar-refractivity contribution < 1.29 is 13.5 Å². The molecule has 0 heterocycles. The first kappa shape index (κ1) is 19.5. The van der Waals surface area contributed by atoms with E-state index in [2.05, 4.69) is 30.9 Å². The molecule has 8 heteroatoms. The van der Waals surface area contributed by atoms with Crippen LogP contribution in [0.25, 0.3) is 10.8 Å². The topological polar surface area (TPSA) is 91.1 Å². The average molecular weight is 448 g/mol. The Balaban J connectivity index is 1.95. The van der Waals surface area contributed by atoms with Gasteiger partial charge in [-0.3, -0.25) is 0 Å². The molecule has 0 aliphatic rings. The first-order valence-corrected chi connectivity index (χ1v) is 10.7. The van der Waals surface area contributed by atoms with Crippen LogP contribution in [0.5, 0.6) is 5.75 Å². The van der Waals surface area contributed by atoms with Gasteiger partial charge in [-0.15, -0.1) is 5.11 Å². The molecule has 1 unspecified atom stereocenters. The molecule has 0 spiro atoms. The van der Waals surface area contributed by atoms with Crippen LogP contribution in [-0.4, -0.2) is 18.5 Å². The summed E-state index contributed by atoms with van der Waals surface area (Å²) in [5, 5.41) is 20.1. The van der Waals surface area contributed by atoms with Crippen LogP contribution in [0.15, 0.2) is 75.8 Å². The molecule has 0 saturated heterocycles. The number of rotatable bonds is 6. The number of aromatic hydroxyl groups is 1. The number of sulfonamides is 1. The fourth-order valence-corrected chi connectivity index (χ4v) is 4.40. The van der Waals surface area contributed by atoms with Crippen LogP contribution < -0.4 is 4.72 Å². The lowest BCUT2D eigenvalue weighted by Crippen LogP contribution is -2.29. The maximum absolute atomic E-state index is 12.4. The number of azo groups is 1. The third kappa shape index (κ3) is 4.52. The molecular weight excluding hydrogens is 430 g/mol. The summed E-state index contributed by atoms with van der Waals surface area (Å²) >= 11 is 3.26. The van der Waals surface area contributed by atoms with E-state index in [9.17, 15) is 13.5 Å². The van der Waals surface area contributed by atoms with Gasteiger partial charge in [-0.1, -0.05) is 59.3 Å². The molecule has 0 saturated carbocycles. The van der Waals surface area contributed by atoms with Crippen molar-refractivity contribution in [3.05, 3.63) is 60.7 Å². The van der Waals surface area contributed by atoms with Gasteiger partial charge < -0.3 is 5.11 Å². The monoisotopic (exact) mass is 447 g/mol. The van der Waals surface area contributed by atoms with Gasteiger partial charge in [-0.2, -0.15) is 9.84 Å². The van der Waals surface area contributed by atoms with Gasteiger partial charge in [0, 0.05) is 5.39 Å². The van der Waals surface area contributed by atoms with E-state index in [4.69, 9.17) is 0 Å². The van der Waals surface area contributed by atoms with Crippen LogP contribution in [0.4, 0.5) is 11.4 Å². The highest BCUT2D eigenvalue weighted by Crippen LogP contribution is 2.36. The molecule has 0 aliphatic carbocycles. The minimum absolute atomic E-state index is 0.00738. The summed E-state index contributed by atoms with van der Waals surface area (Å²) in [7, 11) is -3.67. The predicted molar refractivity (Wildman–Crippen MR) is 110 cm³/mol. The van der Waals surface area contributed by atoms with Crippen LogP contribution in [-0.2, 0) is 10.0 Å². The Morgan fingerprint density at radius 2 is 1.85 bits per heavy atom. The van der Waals surface area contributed by atoms with E-state index in [1.165, 1.54) is 12.1 Å². The van der Waals surface area contributed by atoms with Gasteiger partial charge in [-0.05, 0) is 36.1 Å². The van der Waals surface area contributed by atoms with Crippen molar-refractivity contribution in [3.8, 4) is 5.75 Å². The highest BCUT2D eigenvalue weighted by molar-refractivity contribution is 9.09. The second kappa shape index (κ2) is 8.16. The lowest BCUT2D eigenvalue weighted by molar-refractivity contribution is 0.477. The van der Waals surface area contributed by atoms with Crippen LogP contribution >= 0.6 is 15.9 Å². The lowest BCUT2D eigenvalue weighted by atomic mass is 10.1. The Hall–Kier alpha value is -2.29. The van der Waals surface area contributed by atoms with Gasteiger partial charge in [0.2, 0.25) is 10.0 Å². The number of phenolic OH excluding ortho intramolecular Hbond substituents is 1. The van der Waals surface area contributed by atoms with E-state index in [0.29, 0.717) is 17.8 Å². The van der Waals surface area contributed by atoms with Crippen LogP contribution in [0.1, 0.15) is 13.3 Å². The number of benzene rings is 3. The van der Waals surface area contributed by atoms with Gasteiger partial charge in [0.1, 0.15) is 11.4 Å². The molecule has 6 nitrogen and oxygen atoms in total. The van der Waals surface area contributed by atoms with Crippen LogP contribution in [0, 0.1) is 0 Å². The Bertz CT molecular complexity index is 1100. The smallest absolute Gasteiger partial charge is 0.241 e. The molecule has 0 aliphatic heterocycles. The quantitative estimate of drug-likeness (QED) is 0.302. The summed E-state index contributed by atoms with van der Waals surface area (Å²) in [6.07, 6.45) is 0.610. The normalized spacial score (nSPS) is 13.3. The van der Waals surface area contributed by atoms with E-state index in [-0.39, 0.29) is 15.6 Å². The van der Waals surface area contributed by atoms with Gasteiger partial charge in [0.05, 0.1) is 15.5 Å². The number of alkyl halides is 1. The van der Waals surface area contributed by atoms with Crippen molar-refractivity contribution in [2.45, 2.75) is 23.2 Å². The van der Waals surface area contributed by atoms with Gasteiger partial charge in [0.25, 0.3) is 0 Å². The molecule has 1 atom stereocenters. The van der Waals surface area contributed by atoms with Crippen molar-refractivity contribution in [2.75, 3.05) is 0 Å². The van der Waals surface area contributed by atoms with Crippen LogP contribution in [0.2, 0.25) is 0 Å². The molecular formula is C19H18BrN3O3S. The SMILES string of the molecule is CCC(Br)NS(=O)(=O)c1cccc(N=Nc2c(O)ccc3ccccc23)c1. The van der Waals surface area contributed by atoms with Crippen molar-refractivity contribution >= 4 is 48.1 Å². The summed E-state index contributed by atoms with van der Waals surface area (Å²) in [5.74, 6) is 0.00738. The van der Waals surface area contributed by atoms with Crippen molar-refractivity contribution in [1.82, 2.24) is 4.72 Å². The number of fused-ring (bicyclic) bond motifs is 1. The van der Waals surface area contributed by atoms with Crippen LogP contribution in [0.3, 0.4) is 0 Å². The molecule has 0 amide bonds. The van der Waals surface area contributed by atoms with E-state index in [0.717, 1.165) is 10.8 Å². The molecule has 3 rings (SSSR count). The van der Waals surface area contributed by atoms with E-state index in [1.54, 1.807) is 24.3 Å². The Labute approximate surface area is 166 Å². The van der Waals surface area contributed by atoms with Crippen molar-refractivity contribution in [2.24, 2.45) is 10.2 Å². The Morgan fingerprint density at radius 3 is 2.63 bits per heavy atom. The molecule has 0 fully saturated rings. The minimum Gasteiger partial charge on any atom is -0.506 e. The molecule has 27 heavy (non-hydrogen) atoms. The first-order valence-electron chi connectivity index (χ1n) is 8.29. The molecule has 3 aromatic carbocycles. The fourth-order valence-electron chi connectivity index (χ4n) is 2.49. The number of nitrogens with zero attached hydrogens (tertiary/aromatic N) is 2. The summed E-state index contributed by atoms with van der Waals surface area (Å²) < 4.78 is 27.3. The fraction of sp³-hybridized carbons (Fsp3) is 0.158. The third-order valence-electron chi connectivity index (χ3n) is 3.91. The highest BCUT2D eigenvalue weighted by Gasteiger charge is 2.17. The molecule has 0 aromatic heterocycles. The highest BCUT2D eigenvalue weighted by atomic mass is 79.9. The molecule has 0 bridgehead atoms. The maximum Gasteiger partial charge on any atom is 0.241 e. The van der Waals surface area contributed by atoms with Gasteiger partial charge in [0.15, 0.2) is 0 Å². The second-order valence-electron chi connectivity index (χ2n) is 5.85. The zero-order chi connectivity index (χ0) is 19.4. The third-order valence-corrected chi connectivity index (χ3v) is 6.56. The number of phenols is 1. The number of hydrogen-bond donors (Lipinski definition) is 2. The summed E-state index contributed by atoms with van der Waals surface area (Å²) in [4.78, 5) is -0.251. The molecule has 2 N–H and O–H groups in total. The Kier molecular flexibility index (Phi) is 5.88. The standard InChI is InChI=1S/C19H18BrN3O3S/c1-2-18(20)23-27(25,26)15-8-5-7-14(12-15)21-22-19-16-9-4-3-6-13(16)10-11-17(19)24/h3-12,18,23-24H,2H2,1H3. The van der Waals surface area contributed by atoms with Crippen molar-refractivity contribution in [1.29, 1.82) is 0 Å². The minimum atomic E-state index is -3.67. The van der Waals surface area contributed by atoms with Gasteiger partial charge >= 0.3 is 0 Å². The summed E-state index contributed by atoms with van der Waals surface area (Å²) in [6.45, 7) is 1.86. The lowest BCUT2D eigenvalue weighted by Gasteiger charge is -2.10. The van der Waals surface area contributed by atoms with E-state index < -0.39 is 10.0 Å². The molecule has 0 radical (unpaired) electrons. The zero-order valence-electron chi connectivity index (χ0n) is 14.5. The molecule has 140 valence electrons. The maximum atomic E-state index is 12.4. The van der Waals surface area contributed by atoms with E-state index >= 15 is 0 Å².